The Hall–Kier alpha value is -5.89. The molecule has 1 amide bonds. The average molecular weight is 770 g/mol. The highest BCUT2D eigenvalue weighted by molar-refractivity contribution is 6.42. The van der Waals surface area contributed by atoms with Crippen molar-refractivity contribution in [3.8, 4) is 23.1 Å². The van der Waals surface area contributed by atoms with E-state index in [2.05, 4.69) is 9.88 Å². The van der Waals surface area contributed by atoms with Gasteiger partial charge < -0.3 is 28.6 Å². The molecule has 0 spiro atoms. The molecule has 0 bridgehead atoms. The lowest BCUT2D eigenvalue weighted by Gasteiger charge is -2.39. The summed E-state index contributed by atoms with van der Waals surface area (Å²) in [6, 6.07) is 20.6. The van der Waals surface area contributed by atoms with Crippen LogP contribution in [-0.2, 0) is 42.7 Å². The predicted molar refractivity (Wildman–Crippen MR) is 194 cm³/mol. The first-order valence-corrected chi connectivity index (χ1v) is 17.7. The first kappa shape index (κ1) is 35.2. The van der Waals surface area contributed by atoms with Crippen LogP contribution in [0.5, 0.6) is 23.1 Å². The number of benzene rings is 3. The normalized spacial score (nSPS) is 16.5. The second kappa shape index (κ2) is 14.5. The highest BCUT2D eigenvalue weighted by Gasteiger charge is 2.53. The van der Waals surface area contributed by atoms with E-state index in [9.17, 15) is 19.2 Å². The fourth-order valence-corrected chi connectivity index (χ4v) is 6.79. The Balaban J connectivity index is 0.979. The second-order valence-corrected chi connectivity index (χ2v) is 13.6. The molecule has 1 fully saturated rings. The molecule has 15 heteroatoms. The van der Waals surface area contributed by atoms with Crippen LogP contribution < -0.4 is 14.2 Å². The van der Waals surface area contributed by atoms with Crippen molar-refractivity contribution >= 4 is 57.7 Å². The van der Waals surface area contributed by atoms with Gasteiger partial charge in [0.15, 0.2) is 17.3 Å². The molecule has 0 N–H and O–H groups in total. The van der Waals surface area contributed by atoms with Gasteiger partial charge in [0.1, 0.15) is 5.75 Å². The van der Waals surface area contributed by atoms with Crippen molar-refractivity contribution in [2.45, 2.75) is 18.9 Å². The van der Waals surface area contributed by atoms with Crippen molar-refractivity contribution in [3.05, 3.63) is 124 Å². The minimum atomic E-state index is -2.44. The molecule has 54 heavy (non-hydrogen) atoms. The van der Waals surface area contributed by atoms with Gasteiger partial charge >= 0.3 is 23.8 Å². The number of rotatable bonds is 9. The van der Waals surface area contributed by atoms with Crippen molar-refractivity contribution in [1.29, 1.82) is 0 Å². The van der Waals surface area contributed by atoms with Crippen molar-refractivity contribution in [2.24, 2.45) is 0 Å². The van der Waals surface area contributed by atoms with Gasteiger partial charge in [-0.2, -0.15) is 0 Å². The predicted octanol–water partition coefficient (Wildman–Crippen LogP) is 5.90. The number of Topliss-reactive ketones (excluding diaryl/α,β-unsaturated/α-hetero) is 1. The lowest BCUT2D eigenvalue weighted by atomic mass is 10.0. The number of piperazine rings is 1. The number of hydrogen-bond donors (Lipinski definition) is 0. The molecule has 8 rings (SSSR count). The number of ketones is 1. The summed E-state index contributed by atoms with van der Waals surface area (Å²) in [6.07, 6.45) is 5.04. The topological polar surface area (TPSA) is 139 Å². The molecule has 5 aromatic rings. The number of fused-ring (bicyclic) bond motifs is 2. The number of carbonyl (C=O) groups is 4. The molecular formula is C39H30Cl2N4O9. The largest absolute Gasteiger partial charge is 0.454 e. The van der Waals surface area contributed by atoms with Crippen LogP contribution in [0.3, 0.4) is 0 Å². The summed E-state index contributed by atoms with van der Waals surface area (Å²) < 4.78 is 29.6. The standard InChI is InChI=1S/C39H30Cl2N4O9/c40-29-5-3-27(20-30(29)41)32(46)17-24-2-8-35(42-21-24)52-28-4-6-31-26(19-28)11-12-45(31)39(53-36(47)9-10-37(48)54-39)38(49)44-15-13-43(14-16-44)22-25-1-7-33-34(18-25)51-23-50-33/h1-12,18-21H,13-17,22-23H2. The molecular weight excluding hydrogens is 739 g/mol. The maximum Gasteiger partial charge on any atom is 0.431 e. The van der Waals surface area contributed by atoms with Gasteiger partial charge in [0.25, 0.3) is 0 Å². The Kier molecular flexibility index (Phi) is 9.44. The summed E-state index contributed by atoms with van der Waals surface area (Å²) in [4.78, 5) is 60.9. The first-order valence-electron chi connectivity index (χ1n) is 16.9. The Bertz CT molecular complexity index is 2310. The summed E-state index contributed by atoms with van der Waals surface area (Å²) in [6.45, 7) is 2.45. The van der Waals surface area contributed by atoms with Gasteiger partial charge in [-0.1, -0.05) is 35.3 Å². The Labute approximate surface area is 318 Å². The average Bonchev–Trinajstić information content (AvgIpc) is 3.79. The highest BCUT2D eigenvalue weighted by atomic mass is 35.5. The summed E-state index contributed by atoms with van der Waals surface area (Å²) in [7, 11) is 0. The molecule has 0 unspecified atom stereocenters. The van der Waals surface area contributed by atoms with Crippen LogP contribution in [0, 0.1) is 0 Å². The maximum atomic E-state index is 14.4. The molecule has 0 radical (unpaired) electrons. The van der Waals surface area contributed by atoms with E-state index in [0.717, 1.165) is 17.7 Å². The molecule has 0 atom stereocenters. The number of ether oxygens (including phenoxy) is 5. The second-order valence-electron chi connectivity index (χ2n) is 12.8. The third-order valence-corrected chi connectivity index (χ3v) is 9.95. The summed E-state index contributed by atoms with van der Waals surface area (Å²) >= 11 is 12.0. The zero-order valence-electron chi connectivity index (χ0n) is 28.4. The molecule has 3 aliphatic rings. The van der Waals surface area contributed by atoms with Gasteiger partial charge in [0.2, 0.25) is 12.7 Å². The molecule has 0 aliphatic carbocycles. The van der Waals surface area contributed by atoms with Gasteiger partial charge in [-0.3, -0.25) is 19.1 Å². The SMILES string of the molecule is O=C1C=CC(=O)OC(C(=O)N2CCN(Cc3ccc4c(c3)OCO4)CC2)(n2ccc3cc(Oc4ccc(CC(=O)c5ccc(Cl)c(Cl)c5)cn4)ccc32)O1. The zero-order valence-corrected chi connectivity index (χ0v) is 29.9. The monoisotopic (exact) mass is 768 g/mol. The Morgan fingerprint density at radius 3 is 2.30 bits per heavy atom. The van der Waals surface area contributed by atoms with Gasteiger partial charge in [-0.05, 0) is 65.7 Å². The third-order valence-electron chi connectivity index (χ3n) is 9.21. The quantitative estimate of drug-likeness (QED) is 0.131. The lowest BCUT2D eigenvalue weighted by molar-refractivity contribution is -0.256. The van der Waals surface area contributed by atoms with E-state index in [1.54, 1.807) is 54.7 Å². The molecule has 0 saturated carbocycles. The third kappa shape index (κ3) is 7.08. The molecule has 13 nitrogen and oxygen atoms in total. The summed E-state index contributed by atoms with van der Waals surface area (Å²) in [5, 5.41) is 1.27. The van der Waals surface area contributed by atoms with Gasteiger partial charge in [-0.15, -0.1) is 0 Å². The lowest BCUT2D eigenvalue weighted by Crippen LogP contribution is -2.59. The van der Waals surface area contributed by atoms with Crippen LogP contribution in [0.4, 0.5) is 0 Å². The Morgan fingerprint density at radius 1 is 0.796 bits per heavy atom. The van der Waals surface area contributed by atoms with E-state index in [-0.39, 0.29) is 24.9 Å². The number of carbonyl (C=O) groups excluding carboxylic acids is 4. The van der Waals surface area contributed by atoms with Crippen molar-refractivity contribution < 1.29 is 42.9 Å². The highest BCUT2D eigenvalue weighted by Crippen LogP contribution is 2.35. The number of pyridine rings is 1. The van der Waals surface area contributed by atoms with Crippen LogP contribution in [0.25, 0.3) is 10.9 Å². The zero-order chi connectivity index (χ0) is 37.4. The van der Waals surface area contributed by atoms with Crippen LogP contribution in [0.15, 0.2) is 97.3 Å². The number of aromatic nitrogens is 2. The minimum absolute atomic E-state index is 0.104. The van der Waals surface area contributed by atoms with Crippen LogP contribution in [0.2, 0.25) is 10.0 Å². The van der Waals surface area contributed by atoms with Crippen molar-refractivity contribution in [3.63, 3.8) is 0 Å². The van der Waals surface area contributed by atoms with E-state index in [1.165, 1.54) is 21.7 Å². The van der Waals surface area contributed by atoms with E-state index in [1.807, 2.05) is 18.2 Å². The van der Waals surface area contributed by atoms with E-state index in [0.29, 0.717) is 82.0 Å². The minimum Gasteiger partial charge on any atom is -0.454 e. The molecule has 3 aliphatic heterocycles. The molecule has 274 valence electrons. The first-order chi connectivity index (χ1) is 26.1. The Morgan fingerprint density at radius 2 is 1.56 bits per heavy atom. The van der Waals surface area contributed by atoms with Crippen LogP contribution >= 0.6 is 23.2 Å². The van der Waals surface area contributed by atoms with Crippen molar-refractivity contribution in [1.82, 2.24) is 19.4 Å². The number of cyclic esters (lactones) is 2. The molecule has 5 heterocycles. The maximum absolute atomic E-state index is 14.4. The van der Waals surface area contributed by atoms with Gasteiger partial charge in [0, 0.05) is 80.7 Å². The van der Waals surface area contributed by atoms with Crippen LogP contribution in [-0.4, -0.2) is 76.0 Å². The fraction of sp³-hybridized carbons (Fsp3) is 0.205. The van der Waals surface area contributed by atoms with Crippen LogP contribution in [0.1, 0.15) is 21.5 Å². The summed E-state index contributed by atoms with van der Waals surface area (Å²) in [5.74, 6) is -3.00. The summed E-state index contributed by atoms with van der Waals surface area (Å²) in [5.41, 5.74) is 2.59. The van der Waals surface area contributed by atoms with Gasteiger partial charge in [0.05, 0.1) is 15.6 Å². The fourth-order valence-electron chi connectivity index (χ4n) is 6.49. The number of halogens is 2. The van der Waals surface area contributed by atoms with E-state index < -0.39 is 23.8 Å². The molecule has 1 saturated heterocycles. The molecule has 2 aromatic heterocycles. The molecule has 3 aromatic carbocycles. The number of esters is 2. The smallest absolute Gasteiger partial charge is 0.431 e. The number of nitrogens with zero attached hydrogens (tertiary/aromatic N) is 4. The van der Waals surface area contributed by atoms with E-state index >= 15 is 0 Å². The number of amides is 1. The van der Waals surface area contributed by atoms with E-state index in [4.69, 9.17) is 46.9 Å². The van der Waals surface area contributed by atoms with Crippen molar-refractivity contribution in [2.75, 3.05) is 33.0 Å². The van der Waals surface area contributed by atoms with Gasteiger partial charge in [-0.25, -0.2) is 14.6 Å². The number of hydrogen-bond acceptors (Lipinski definition) is 11.